The maximum Gasteiger partial charge on any atom is 0.410 e. The van der Waals surface area contributed by atoms with Crippen molar-refractivity contribution >= 4 is 11.9 Å². The van der Waals surface area contributed by atoms with E-state index in [-0.39, 0.29) is 6.09 Å². The SMILES string of the molecule is CNc1ccc2c(n1)CCN(C(=O)OC(C)(C)C)CC2. The fourth-order valence-electron chi connectivity index (χ4n) is 2.23. The van der Waals surface area contributed by atoms with E-state index in [0.717, 1.165) is 24.4 Å². The number of hydrogen-bond donors (Lipinski definition) is 1. The summed E-state index contributed by atoms with van der Waals surface area (Å²) >= 11 is 0. The van der Waals surface area contributed by atoms with Crippen molar-refractivity contribution in [3.63, 3.8) is 0 Å². The van der Waals surface area contributed by atoms with E-state index in [2.05, 4.69) is 16.4 Å². The van der Waals surface area contributed by atoms with E-state index in [4.69, 9.17) is 4.74 Å². The highest BCUT2D eigenvalue weighted by Crippen LogP contribution is 2.18. The molecule has 1 N–H and O–H groups in total. The number of rotatable bonds is 1. The number of nitrogens with zero attached hydrogens (tertiary/aromatic N) is 2. The summed E-state index contributed by atoms with van der Waals surface area (Å²) in [6.45, 7) is 7.00. The zero-order chi connectivity index (χ0) is 14.8. The summed E-state index contributed by atoms with van der Waals surface area (Å²) in [5.74, 6) is 0.870. The molecule has 20 heavy (non-hydrogen) atoms. The van der Waals surface area contributed by atoms with Gasteiger partial charge < -0.3 is 15.0 Å². The van der Waals surface area contributed by atoms with Gasteiger partial charge in [-0.25, -0.2) is 9.78 Å². The lowest BCUT2D eigenvalue weighted by molar-refractivity contribution is 0.0258. The molecule has 0 saturated carbocycles. The number of ether oxygens (including phenoxy) is 1. The smallest absolute Gasteiger partial charge is 0.410 e. The molecule has 5 heteroatoms. The summed E-state index contributed by atoms with van der Waals surface area (Å²) in [6, 6.07) is 4.06. The largest absolute Gasteiger partial charge is 0.444 e. The van der Waals surface area contributed by atoms with Gasteiger partial charge in [-0.2, -0.15) is 0 Å². The Bertz CT molecular complexity index is 494. The van der Waals surface area contributed by atoms with Crippen molar-refractivity contribution in [2.75, 3.05) is 25.5 Å². The molecule has 0 aliphatic carbocycles. The second kappa shape index (κ2) is 5.69. The molecule has 0 atom stereocenters. The van der Waals surface area contributed by atoms with Crippen LogP contribution < -0.4 is 5.32 Å². The van der Waals surface area contributed by atoms with Gasteiger partial charge in [-0.15, -0.1) is 0 Å². The van der Waals surface area contributed by atoms with Crippen molar-refractivity contribution in [3.8, 4) is 0 Å². The molecule has 0 spiro atoms. The van der Waals surface area contributed by atoms with Crippen LogP contribution in [0.1, 0.15) is 32.0 Å². The Morgan fingerprint density at radius 1 is 1.30 bits per heavy atom. The van der Waals surface area contributed by atoms with Gasteiger partial charge in [0.2, 0.25) is 0 Å². The Balaban J connectivity index is 2.06. The van der Waals surface area contributed by atoms with Gasteiger partial charge in [-0.1, -0.05) is 6.07 Å². The topological polar surface area (TPSA) is 54.5 Å². The molecule has 2 rings (SSSR count). The molecular formula is C15H23N3O2. The van der Waals surface area contributed by atoms with Crippen LogP contribution in [0, 0.1) is 0 Å². The predicted molar refractivity (Wildman–Crippen MR) is 79.0 cm³/mol. The quantitative estimate of drug-likeness (QED) is 0.856. The van der Waals surface area contributed by atoms with Crippen molar-refractivity contribution in [2.24, 2.45) is 0 Å². The second-order valence-corrected chi connectivity index (χ2v) is 6.02. The van der Waals surface area contributed by atoms with E-state index >= 15 is 0 Å². The van der Waals surface area contributed by atoms with Crippen molar-refractivity contribution in [1.82, 2.24) is 9.88 Å². The van der Waals surface area contributed by atoms with Gasteiger partial charge in [0.05, 0.1) is 0 Å². The average molecular weight is 277 g/mol. The zero-order valence-corrected chi connectivity index (χ0v) is 12.7. The second-order valence-electron chi connectivity index (χ2n) is 6.02. The molecule has 2 heterocycles. The molecule has 1 aliphatic rings. The van der Waals surface area contributed by atoms with Crippen LogP contribution >= 0.6 is 0 Å². The lowest BCUT2D eigenvalue weighted by atomic mass is 10.1. The first-order valence-electron chi connectivity index (χ1n) is 7.03. The molecule has 0 bridgehead atoms. The summed E-state index contributed by atoms with van der Waals surface area (Å²) in [7, 11) is 1.86. The van der Waals surface area contributed by atoms with E-state index in [1.807, 2.05) is 33.9 Å². The third kappa shape index (κ3) is 3.62. The Morgan fingerprint density at radius 3 is 2.65 bits per heavy atom. The highest BCUT2D eigenvalue weighted by Gasteiger charge is 2.24. The number of carbonyl (C=O) groups is 1. The van der Waals surface area contributed by atoms with Crippen molar-refractivity contribution < 1.29 is 9.53 Å². The monoisotopic (exact) mass is 277 g/mol. The fraction of sp³-hybridized carbons (Fsp3) is 0.600. The predicted octanol–water partition coefficient (Wildman–Crippen LogP) is 2.46. The van der Waals surface area contributed by atoms with Gasteiger partial charge in [0.25, 0.3) is 0 Å². The lowest BCUT2D eigenvalue weighted by Crippen LogP contribution is -2.38. The van der Waals surface area contributed by atoms with Crippen LogP contribution in [0.25, 0.3) is 0 Å². The van der Waals surface area contributed by atoms with E-state index in [9.17, 15) is 4.79 Å². The van der Waals surface area contributed by atoms with Crippen LogP contribution in [0.3, 0.4) is 0 Å². The third-order valence-electron chi connectivity index (χ3n) is 3.25. The molecule has 0 radical (unpaired) electrons. The van der Waals surface area contributed by atoms with Crippen molar-refractivity contribution in [1.29, 1.82) is 0 Å². The molecule has 0 saturated heterocycles. The van der Waals surface area contributed by atoms with Gasteiger partial charge >= 0.3 is 6.09 Å². The van der Waals surface area contributed by atoms with Crippen LogP contribution in [0.2, 0.25) is 0 Å². The molecule has 1 amide bonds. The normalized spacial score (nSPS) is 15.3. The van der Waals surface area contributed by atoms with E-state index in [1.165, 1.54) is 5.56 Å². The van der Waals surface area contributed by atoms with Gasteiger partial charge in [-0.3, -0.25) is 0 Å². The summed E-state index contributed by atoms with van der Waals surface area (Å²) < 4.78 is 5.43. The minimum atomic E-state index is -0.451. The molecule has 1 aromatic heterocycles. The van der Waals surface area contributed by atoms with Gasteiger partial charge in [0, 0.05) is 32.3 Å². The number of amides is 1. The molecule has 110 valence electrons. The zero-order valence-electron chi connectivity index (χ0n) is 12.7. The Labute approximate surface area is 120 Å². The molecule has 0 fully saturated rings. The first-order chi connectivity index (χ1) is 9.39. The number of carbonyl (C=O) groups excluding carboxylic acids is 1. The minimum absolute atomic E-state index is 0.237. The van der Waals surface area contributed by atoms with E-state index in [1.54, 1.807) is 4.90 Å². The summed E-state index contributed by atoms with van der Waals surface area (Å²) in [4.78, 5) is 18.5. The first kappa shape index (κ1) is 14.6. The minimum Gasteiger partial charge on any atom is -0.444 e. The molecule has 5 nitrogen and oxygen atoms in total. The summed E-state index contributed by atoms with van der Waals surface area (Å²) in [5.41, 5.74) is 1.84. The van der Waals surface area contributed by atoms with E-state index < -0.39 is 5.60 Å². The number of anilines is 1. The van der Waals surface area contributed by atoms with Crippen molar-refractivity contribution in [2.45, 2.75) is 39.2 Å². The fourth-order valence-corrected chi connectivity index (χ4v) is 2.23. The highest BCUT2D eigenvalue weighted by molar-refractivity contribution is 5.68. The van der Waals surface area contributed by atoms with Gasteiger partial charge in [0.15, 0.2) is 0 Å². The lowest BCUT2D eigenvalue weighted by Gasteiger charge is -2.26. The van der Waals surface area contributed by atoms with Crippen LogP contribution in [0.5, 0.6) is 0 Å². The number of nitrogens with one attached hydrogen (secondary N) is 1. The highest BCUT2D eigenvalue weighted by atomic mass is 16.6. The summed E-state index contributed by atoms with van der Waals surface area (Å²) in [6.07, 6.45) is 1.36. The Kier molecular flexibility index (Phi) is 4.16. The maximum atomic E-state index is 12.1. The van der Waals surface area contributed by atoms with Crippen molar-refractivity contribution in [3.05, 3.63) is 23.4 Å². The summed E-state index contributed by atoms with van der Waals surface area (Å²) in [5, 5.41) is 3.05. The van der Waals surface area contributed by atoms with Crippen LogP contribution in [-0.2, 0) is 17.6 Å². The molecule has 0 aromatic carbocycles. The number of pyridine rings is 1. The van der Waals surface area contributed by atoms with E-state index in [0.29, 0.717) is 13.1 Å². The number of hydrogen-bond acceptors (Lipinski definition) is 4. The first-order valence-corrected chi connectivity index (χ1v) is 7.03. The molecule has 1 aliphatic heterocycles. The van der Waals surface area contributed by atoms with Gasteiger partial charge in [-0.05, 0) is 38.8 Å². The number of aromatic nitrogens is 1. The Morgan fingerprint density at radius 2 is 2.00 bits per heavy atom. The standard InChI is InChI=1S/C15H23N3O2/c1-15(2,3)20-14(19)18-9-7-11-5-6-13(16-4)17-12(11)8-10-18/h5-6H,7-10H2,1-4H3,(H,16,17). The van der Waals surface area contributed by atoms with Crippen LogP contribution in [0.15, 0.2) is 12.1 Å². The maximum absolute atomic E-state index is 12.1. The van der Waals surface area contributed by atoms with Crippen LogP contribution in [0.4, 0.5) is 10.6 Å². The number of fused-ring (bicyclic) bond motifs is 1. The molecule has 1 aromatic rings. The van der Waals surface area contributed by atoms with Gasteiger partial charge in [0.1, 0.15) is 11.4 Å². The Hall–Kier alpha value is -1.78. The average Bonchev–Trinajstić information content (AvgIpc) is 2.58. The third-order valence-corrected chi connectivity index (χ3v) is 3.25. The molecule has 0 unspecified atom stereocenters. The molecular weight excluding hydrogens is 254 g/mol. The van der Waals surface area contributed by atoms with Crippen LogP contribution in [-0.4, -0.2) is 41.7 Å².